The number of carboxylic acid groups (broad SMARTS) is 1. The van der Waals surface area contributed by atoms with E-state index in [1.165, 1.54) is 12.1 Å². The Morgan fingerprint density at radius 1 is 1.19 bits per heavy atom. The molecule has 0 aliphatic heterocycles. The van der Waals surface area contributed by atoms with Gasteiger partial charge in [0.25, 0.3) is 5.91 Å². The normalized spacial score (nSPS) is 10.2. The summed E-state index contributed by atoms with van der Waals surface area (Å²) in [4.78, 5) is 27.1. The number of carboxylic acids is 1. The Bertz CT molecular complexity index is 709. The van der Waals surface area contributed by atoms with Crippen LogP contribution in [0.4, 0.5) is 5.69 Å². The number of nitrogens with one attached hydrogen (secondary N) is 1. The second kappa shape index (κ2) is 5.93. The zero-order valence-electron chi connectivity index (χ0n) is 11.5. The Morgan fingerprint density at radius 3 is 2.48 bits per heavy atom. The molecule has 1 aromatic carbocycles. The Hall–Kier alpha value is -2.40. The van der Waals surface area contributed by atoms with Crippen molar-refractivity contribution in [3.63, 3.8) is 0 Å². The summed E-state index contributed by atoms with van der Waals surface area (Å²) in [7, 11) is 0. The first-order valence-corrected chi connectivity index (χ1v) is 6.55. The van der Waals surface area contributed by atoms with E-state index in [9.17, 15) is 9.59 Å². The topological polar surface area (TPSA) is 79.3 Å². The van der Waals surface area contributed by atoms with Gasteiger partial charge in [0.05, 0.1) is 22.0 Å². The van der Waals surface area contributed by atoms with Crippen molar-refractivity contribution in [2.24, 2.45) is 0 Å². The number of carbonyl (C=O) groups excluding carboxylic acids is 1. The number of hydrogen-bond donors (Lipinski definition) is 2. The Labute approximate surface area is 126 Å². The van der Waals surface area contributed by atoms with Crippen LogP contribution < -0.4 is 5.32 Å². The Morgan fingerprint density at radius 2 is 1.90 bits per heavy atom. The molecule has 1 aromatic heterocycles. The molecule has 1 heterocycles. The molecule has 5 nitrogen and oxygen atoms in total. The van der Waals surface area contributed by atoms with Gasteiger partial charge in [0, 0.05) is 0 Å². The Kier molecular flexibility index (Phi) is 4.23. The lowest BCUT2D eigenvalue weighted by atomic mass is 10.1. The third-order valence-electron chi connectivity index (χ3n) is 3.01. The van der Waals surface area contributed by atoms with Crippen molar-refractivity contribution in [1.29, 1.82) is 0 Å². The summed E-state index contributed by atoms with van der Waals surface area (Å²) in [5, 5.41) is 12.1. The number of aryl methyl sites for hydroxylation is 2. The van der Waals surface area contributed by atoms with E-state index in [-0.39, 0.29) is 17.0 Å². The van der Waals surface area contributed by atoms with Crippen LogP contribution in [-0.2, 0) is 0 Å². The highest BCUT2D eigenvalue weighted by atomic mass is 35.5. The Balaban J connectivity index is 2.29. The summed E-state index contributed by atoms with van der Waals surface area (Å²) in [6.07, 6.45) is 0. The van der Waals surface area contributed by atoms with Gasteiger partial charge in [-0.15, -0.1) is 0 Å². The predicted octanol–water partition coefficient (Wildman–Crippen LogP) is 3.30. The fourth-order valence-electron chi connectivity index (χ4n) is 1.88. The van der Waals surface area contributed by atoms with Crippen molar-refractivity contribution in [2.45, 2.75) is 13.8 Å². The molecule has 2 rings (SSSR count). The number of aromatic nitrogens is 1. The first-order valence-electron chi connectivity index (χ1n) is 6.17. The van der Waals surface area contributed by atoms with Gasteiger partial charge in [-0.2, -0.15) is 0 Å². The molecule has 0 fully saturated rings. The van der Waals surface area contributed by atoms with Crippen LogP contribution in [0, 0.1) is 13.8 Å². The van der Waals surface area contributed by atoms with E-state index in [2.05, 4.69) is 10.3 Å². The van der Waals surface area contributed by atoms with Gasteiger partial charge < -0.3 is 10.4 Å². The molecule has 0 saturated heterocycles. The van der Waals surface area contributed by atoms with Crippen molar-refractivity contribution in [3.05, 3.63) is 57.9 Å². The minimum Gasteiger partial charge on any atom is -0.478 e. The van der Waals surface area contributed by atoms with Crippen molar-refractivity contribution in [2.75, 3.05) is 5.32 Å². The smallest absolute Gasteiger partial charge is 0.337 e. The van der Waals surface area contributed by atoms with Crippen LogP contribution in [0.15, 0.2) is 30.3 Å². The van der Waals surface area contributed by atoms with Crippen LogP contribution in [0.25, 0.3) is 0 Å². The number of benzene rings is 1. The predicted molar refractivity (Wildman–Crippen MR) is 80.1 cm³/mol. The molecule has 0 aliphatic rings. The third-order valence-corrected chi connectivity index (χ3v) is 3.32. The number of carbonyl (C=O) groups is 2. The second-order valence-electron chi connectivity index (χ2n) is 4.52. The molecule has 108 valence electrons. The van der Waals surface area contributed by atoms with E-state index in [1.54, 1.807) is 19.1 Å². The minimum absolute atomic E-state index is 0.0699. The number of rotatable bonds is 3. The zero-order valence-corrected chi connectivity index (χ0v) is 12.2. The zero-order chi connectivity index (χ0) is 15.6. The number of halogens is 1. The summed E-state index contributed by atoms with van der Waals surface area (Å²) in [5.74, 6) is -1.51. The molecule has 0 radical (unpaired) electrons. The van der Waals surface area contributed by atoms with Gasteiger partial charge in [0.1, 0.15) is 5.69 Å². The van der Waals surface area contributed by atoms with Gasteiger partial charge in [-0.3, -0.25) is 4.79 Å². The van der Waals surface area contributed by atoms with Gasteiger partial charge in [-0.25, -0.2) is 9.78 Å². The highest BCUT2D eigenvalue weighted by molar-refractivity contribution is 6.34. The summed E-state index contributed by atoms with van der Waals surface area (Å²) >= 11 is 6.05. The maximum absolute atomic E-state index is 12.2. The average Bonchev–Trinajstić information content (AvgIpc) is 2.42. The number of nitrogens with zero attached hydrogens (tertiary/aromatic N) is 1. The van der Waals surface area contributed by atoms with Crippen LogP contribution in [0.3, 0.4) is 0 Å². The van der Waals surface area contributed by atoms with Gasteiger partial charge in [0.2, 0.25) is 0 Å². The van der Waals surface area contributed by atoms with Crippen molar-refractivity contribution >= 4 is 29.2 Å². The molecule has 1 amide bonds. The van der Waals surface area contributed by atoms with Crippen LogP contribution in [0.2, 0.25) is 5.02 Å². The maximum atomic E-state index is 12.2. The number of pyridine rings is 1. The van der Waals surface area contributed by atoms with Crippen LogP contribution in [0.1, 0.15) is 32.1 Å². The largest absolute Gasteiger partial charge is 0.478 e. The maximum Gasteiger partial charge on any atom is 0.337 e. The number of aromatic carboxylic acids is 1. The summed E-state index contributed by atoms with van der Waals surface area (Å²) in [5.41, 5.74) is 1.84. The first-order chi connectivity index (χ1) is 9.90. The minimum atomic E-state index is -1.08. The number of hydrogen-bond acceptors (Lipinski definition) is 3. The molecule has 0 unspecified atom stereocenters. The lowest BCUT2D eigenvalue weighted by molar-refractivity contribution is 0.0695. The quantitative estimate of drug-likeness (QED) is 0.912. The molecule has 0 aliphatic carbocycles. The number of para-hydroxylation sites is 1. The first kappa shape index (κ1) is 15.0. The van der Waals surface area contributed by atoms with E-state index in [0.29, 0.717) is 10.7 Å². The molecule has 0 saturated carbocycles. The lowest BCUT2D eigenvalue weighted by Crippen LogP contribution is -2.16. The van der Waals surface area contributed by atoms with Crippen LogP contribution in [-0.4, -0.2) is 22.0 Å². The highest BCUT2D eigenvalue weighted by Crippen LogP contribution is 2.25. The summed E-state index contributed by atoms with van der Waals surface area (Å²) in [6, 6.07) is 8.03. The molecule has 0 bridgehead atoms. The molecular weight excluding hydrogens is 292 g/mol. The summed E-state index contributed by atoms with van der Waals surface area (Å²) in [6.45, 7) is 3.37. The van der Waals surface area contributed by atoms with Gasteiger partial charge in [0.15, 0.2) is 0 Å². The molecule has 21 heavy (non-hydrogen) atoms. The SMILES string of the molecule is Cc1cccc(Cl)c1NC(=O)c1ccc(C(=O)O)c(C)n1. The van der Waals surface area contributed by atoms with E-state index >= 15 is 0 Å². The number of anilines is 1. The van der Waals surface area contributed by atoms with Crippen LogP contribution >= 0.6 is 11.6 Å². The monoisotopic (exact) mass is 304 g/mol. The molecule has 2 N–H and O–H groups in total. The van der Waals surface area contributed by atoms with E-state index in [1.807, 2.05) is 13.0 Å². The van der Waals surface area contributed by atoms with Crippen LogP contribution in [0.5, 0.6) is 0 Å². The second-order valence-corrected chi connectivity index (χ2v) is 4.93. The van der Waals surface area contributed by atoms with Crippen molar-refractivity contribution in [3.8, 4) is 0 Å². The average molecular weight is 305 g/mol. The van der Waals surface area contributed by atoms with E-state index in [4.69, 9.17) is 16.7 Å². The fourth-order valence-corrected chi connectivity index (χ4v) is 2.15. The van der Waals surface area contributed by atoms with Crippen molar-refractivity contribution in [1.82, 2.24) is 4.98 Å². The standard InChI is InChI=1S/C15H13ClN2O3/c1-8-4-3-5-11(16)13(8)18-14(19)12-7-6-10(15(20)21)9(2)17-12/h3-7H,1-2H3,(H,18,19)(H,20,21). The third kappa shape index (κ3) is 3.20. The fraction of sp³-hybridized carbons (Fsp3) is 0.133. The molecular formula is C15H13ClN2O3. The van der Waals surface area contributed by atoms with Crippen molar-refractivity contribution < 1.29 is 14.7 Å². The molecule has 0 spiro atoms. The van der Waals surface area contributed by atoms with Gasteiger partial charge in [-0.05, 0) is 37.6 Å². The molecule has 0 atom stereocenters. The van der Waals surface area contributed by atoms with Gasteiger partial charge in [-0.1, -0.05) is 23.7 Å². The van der Waals surface area contributed by atoms with E-state index < -0.39 is 11.9 Å². The van der Waals surface area contributed by atoms with E-state index in [0.717, 1.165) is 5.56 Å². The molecule has 2 aromatic rings. The lowest BCUT2D eigenvalue weighted by Gasteiger charge is -2.10. The highest BCUT2D eigenvalue weighted by Gasteiger charge is 2.15. The summed E-state index contributed by atoms with van der Waals surface area (Å²) < 4.78 is 0. The number of amides is 1. The van der Waals surface area contributed by atoms with Gasteiger partial charge >= 0.3 is 5.97 Å². The molecule has 6 heteroatoms.